The largest absolute Gasteiger partial charge is 0.324 e. The number of aromatic nitrogens is 2. The first kappa shape index (κ1) is 13.1. The maximum absolute atomic E-state index is 13.8. The van der Waals surface area contributed by atoms with Crippen LogP contribution in [-0.2, 0) is 7.05 Å². The van der Waals surface area contributed by atoms with Crippen LogP contribution in [-0.4, -0.2) is 9.78 Å². The van der Waals surface area contributed by atoms with Crippen molar-refractivity contribution in [3.8, 4) is 0 Å². The summed E-state index contributed by atoms with van der Waals surface area (Å²) in [5, 5.41) is 5.25. The number of hydrogen-bond donors (Lipinski definition) is 1. The molecule has 5 heteroatoms. The fourth-order valence-electron chi connectivity index (χ4n) is 1.84. The van der Waals surface area contributed by atoms with Crippen molar-refractivity contribution in [2.24, 2.45) is 12.8 Å². The molecule has 2 N–H and O–H groups in total. The van der Waals surface area contributed by atoms with Gasteiger partial charge in [-0.3, -0.25) is 4.68 Å². The molecule has 0 unspecified atom stereocenters. The Labute approximate surface area is 110 Å². The molecule has 0 amide bonds. The second-order valence-corrected chi connectivity index (χ2v) is 5.35. The zero-order valence-corrected chi connectivity index (χ0v) is 11.5. The van der Waals surface area contributed by atoms with E-state index in [0.717, 1.165) is 15.6 Å². The van der Waals surface area contributed by atoms with Crippen molar-refractivity contribution in [2.45, 2.75) is 29.8 Å². The topological polar surface area (TPSA) is 43.8 Å². The lowest BCUT2D eigenvalue weighted by atomic mass is 10.1. The molecule has 3 nitrogen and oxygen atoms in total. The lowest BCUT2D eigenvalue weighted by molar-refractivity contribution is 0.585. The van der Waals surface area contributed by atoms with Gasteiger partial charge in [0.1, 0.15) is 5.82 Å². The van der Waals surface area contributed by atoms with Gasteiger partial charge >= 0.3 is 0 Å². The van der Waals surface area contributed by atoms with E-state index in [-0.39, 0.29) is 11.9 Å². The number of aryl methyl sites for hydroxylation is 2. The fourth-order valence-corrected chi connectivity index (χ4v) is 3.01. The molecule has 0 radical (unpaired) electrons. The molecule has 0 saturated heterocycles. The molecule has 18 heavy (non-hydrogen) atoms. The standard InChI is InChI=1S/C13H16FN3S/c1-8-7-12(17(3)16-8)18-11-6-4-5-10(14)13(11)9(2)15/h4-7,9H,15H2,1-3H3/t9-/m1/s1. The van der Waals surface area contributed by atoms with E-state index in [4.69, 9.17) is 5.73 Å². The van der Waals surface area contributed by atoms with Crippen molar-refractivity contribution in [1.29, 1.82) is 0 Å². The number of hydrogen-bond acceptors (Lipinski definition) is 3. The molecule has 0 spiro atoms. The van der Waals surface area contributed by atoms with Crippen LogP contribution in [0, 0.1) is 12.7 Å². The van der Waals surface area contributed by atoms with Crippen LogP contribution in [0.2, 0.25) is 0 Å². The van der Waals surface area contributed by atoms with Crippen LogP contribution in [0.25, 0.3) is 0 Å². The summed E-state index contributed by atoms with van der Waals surface area (Å²) >= 11 is 1.48. The van der Waals surface area contributed by atoms with Crippen LogP contribution in [0.3, 0.4) is 0 Å². The highest BCUT2D eigenvalue weighted by molar-refractivity contribution is 7.99. The molecule has 0 saturated carbocycles. The quantitative estimate of drug-likeness (QED) is 0.927. The van der Waals surface area contributed by atoms with Crippen LogP contribution in [0.15, 0.2) is 34.2 Å². The number of rotatable bonds is 3. The van der Waals surface area contributed by atoms with Crippen LogP contribution in [0.1, 0.15) is 24.2 Å². The zero-order valence-electron chi connectivity index (χ0n) is 10.6. The summed E-state index contributed by atoms with van der Waals surface area (Å²) in [6.07, 6.45) is 0. The van der Waals surface area contributed by atoms with Gasteiger partial charge < -0.3 is 5.73 Å². The first-order valence-electron chi connectivity index (χ1n) is 5.71. The summed E-state index contributed by atoms with van der Waals surface area (Å²) in [6.45, 7) is 3.72. The Hall–Kier alpha value is -1.33. The van der Waals surface area contributed by atoms with E-state index in [0.29, 0.717) is 5.56 Å². The summed E-state index contributed by atoms with van der Waals surface area (Å²) < 4.78 is 15.6. The zero-order chi connectivity index (χ0) is 13.3. The summed E-state index contributed by atoms with van der Waals surface area (Å²) in [6, 6.07) is 6.67. The third kappa shape index (κ3) is 2.57. The van der Waals surface area contributed by atoms with Crippen molar-refractivity contribution in [3.05, 3.63) is 41.3 Å². The maximum Gasteiger partial charge on any atom is 0.129 e. The molecular formula is C13H16FN3S. The monoisotopic (exact) mass is 265 g/mol. The van der Waals surface area contributed by atoms with Gasteiger partial charge in [-0.15, -0.1) is 0 Å². The molecule has 0 bridgehead atoms. The van der Waals surface area contributed by atoms with Gasteiger partial charge in [0.2, 0.25) is 0 Å². The first-order chi connectivity index (χ1) is 8.49. The van der Waals surface area contributed by atoms with E-state index in [1.807, 2.05) is 26.1 Å². The summed E-state index contributed by atoms with van der Waals surface area (Å²) in [5.41, 5.74) is 7.34. The Bertz CT molecular complexity index is 563. The molecule has 0 fully saturated rings. The van der Waals surface area contributed by atoms with Crippen LogP contribution in [0.4, 0.5) is 4.39 Å². The third-order valence-electron chi connectivity index (χ3n) is 2.64. The van der Waals surface area contributed by atoms with Gasteiger partial charge in [-0.1, -0.05) is 17.8 Å². The second-order valence-electron chi connectivity index (χ2n) is 4.29. The van der Waals surface area contributed by atoms with E-state index in [9.17, 15) is 4.39 Å². The average molecular weight is 265 g/mol. The molecule has 1 heterocycles. The highest BCUT2D eigenvalue weighted by Crippen LogP contribution is 2.34. The number of halogens is 1. The van der Waals surface area contributed by atoms with Gasteiger partial charge in [-0.05, 0) is 32.0 Å². The Morgan fingerprint density at radius 1 is 1.44 bits per heavy atom. The summed E-state index contributed by atoms with van der Waals surface area (Å²) in [7, 11) is 1.88. The van der Waals surface area contributed by atoms with E-state index < -0.39 is 0 Å². The highest BCUT2D eigenvalue weighted by atomic mass is 32.2. The predicted octanol–water partition coefficient (Wildman–Crippen LogP) is 3.04. The molecule has 2 rings (SSSR count). The fraction of sp³-hybridized carbons (Fsp3) is 0.308. The number of nitrogens with two attached hydrogens (primary N) is 1. The minimum absolute atomic E-state index is 0.256. The van der Waals surface area contributed by atoms with Crippen molar-refractivity contribution >= 4 is 11.8 Å². The molecular weight excluding hydrogens is 249 g/mol. The SMILES string of the molecule is Cc1cc(Sc2cccc(F)c2[C@@H](C)N)n(C)n1. The van der Waals surface area contributed by atoms with Crippen molar-refractivity contribution < 1.29 is 4.39 Å². The number of benzene rings is 1. The van der Waals surface area contributed by atoms with Gasteiger partial charge in [-0.25, -0.2) is 4.39 Å². The third-order valence-corrected chi connectivity index (χ3v) is 3.81. The Morgan fingerprint density at radius 2 is 2.17 bits per heavy atom. The Kier molecular flexibility index (Phi) is 3.73. The van der Waals surface area contributed by atoms with Crippen LogP contribution in [0.5, 0.6) is 0 Å². The molecule has 0 aliphatic heterocycles. The second kappa shape index (κ2) is 5.12. The van der Waals surface area contributed by atoms with Crippen molar-refractivity contribution in [2.75, 3.05) is 0 Å². The van der Waals surface area contributed by atoms with Gasteiger partial charge in [0.05, 0.1) is 10.7 Å². The van der Waals surface area contributed by atoms with E-state index in [1.54, 1.807) is 17.7 Å². The molecule has 0 aliphatic rings. The van der Waals surface area contributed by atoms with Crippen molar-refractivity contribution in [1.82, 2.24) is 9.78 Å². The Morgan fingerprint density at radius 3 is 2.72 bits per heavy atom. The van der Waals surface area contributed by atoms with Crippen molar-refractivity contribution in [3.63, 3.8) is 0 Å². The first-order valence-corrected chi connectivity index (χ1v) is 6.53. The van der Waals surface area contributed by atoms with Crippen LogP contribution >= 0.6 is 11.8 Å². The van der Waals surface area contributed by atoms with Gasteiger partial charge in [0.25, 0.3) is 0 Å². The smallest absolute Gasteiger partial charge is 0.129 e. The van der Waals surface area contributed by atoms with Crippen LogP contribution < -0.4 is 5.73 Å². The lowest BCUT2D eigenvalue weighted by Gasteiger charge is -2.13. The highest BCUT2D eigenvalue weighted by Gasteiger charge is 2.14. The molecule has 0 aliphatic carbocycles. The molecule has 2 aromatic rings. The Balaban J connectivity index is 2.40. The van der Waals surface area contributed by atoms with Gasteiger partial charge in [-0.2, -0.15) is 5.10 Å². The van der Waals surface area contributed by atoms with E-state index >= 15 is 0 Å². The molecule has 1 aromatic heterocycles. The normalized spacial score (nSPS) is 12.7. The number of nitrogens with zero attached hydrogens (tertiary/aromatic N) is 2. The minimum atomic E-state index is -0.331. The summed E-state index contributed by atoms with van der Waals surface area (Å²) in [4.78, 5) is 0.841. The molecule has 1 aromatic carbocycles. The van der Waals surface area contributed by atoms with Gasteiger partial charge in [0, 0.05) is 23.5 Å². The molecule has 96 valence electrons. The average Bonchev–Trinajstić information content (AvgIpc) is 2.57. The van der Waals surface area contributed by atoms with E-state index in [2.05, 4.69) is 5.10 Å². The maximum atomic E-state index is 13.8. The molecule has 1 atom stereocenters. The lowest BCUT2D eigenvalue weighted by Crippen LogP contribution is -2.09. The van der Waals surface area contributed by atoms with E-state index in [1.165, 1.54) is 17.8 Å². The summed E-state index contributed by atoms with van der Waals surface area (Å²) in [5.74, 6) is -0.256. The minimum Gasteiger partial charge on any atom is -0.324 e. The predicted molar refractivity (Wildman–Crippen MR) is 71.1 cm³/mol. The van der Waals surface area contributed by atoms with Gasteiger partial charge in [0.15, 0.2) is 0 Å².